The van der Waals surface area contributed by atoms with Gasteiger partial charge in [0.2, 0.25) is 0 Å². The third kappa shape index (κ3) is 3.44. The SMILES string of the molecule is OCc1cccc(Br)c1OCC1CCOCC1. The second-order valence-corrected chi connectivity index (χ2v) is 5.11. The van der Waals surface area contributed by atoms with Gasteiger partial charge < -0.3 is 14.6 Å². The van der Waals surface area contributed by atoms with Crippen molar-refractivity contribution >= 4 is 15.9 Å². The number of hydrogen-bond acceptors (Lipinski definition) is 3. The average Bonchev–Trinajstić information content (AvgIpc) is 2.38. The van der Waals surface area contributed by atoms with E-state index in [0.717, 1.165) is 41.8 Å². The molecule has 0 aromatic heterocycles. The van der Waals surface area contributed by atoms with Gasteiger partial charge in [-0.15, -0.1) is 0 Å². The van der Waals surface area contributed by atoms with E-state index >= 15 is 0 Å². The predicted octanol–water partition coefficient (Wildman–Crippen LogP) is 2.75. The lowest BCUT2D eigenvalue weighted by atomic mass is 10.0. The maximum atomic E-state index is 9.26. The molecule has 0 amide bonds. The summed E-state index contributed by atoms with van der Waals surface area (Å²) in [6, 6.07) is 5.71. The molecule has 1 N–H and O–H groups in total. The van der Waals surface area contributed by atoms with Gasteiger partial charge in [0, 0.05) is 18.8 Å². The smallest absolute Gasteiger partial charge is 0.138 e. The molecule has 1 aromatic carbocycles. The molecule has 1 aliphatic rings. The Labute approximate surface area is 110 Å². The van der Waals surface area contributed by atoms with Gasteiger partial charge in [-0.25, -0.2) is 0 Å². The lowest BCUT2D eigenvalue weighted by Crippen LogP contribution is -2.21. The van der Waals surface area contributed by atoms with Gasteiger partial charge in [-0.2, -0.15) is 0 Å². The Kier molecular flexibility index (Phi) is 4.83. The van der Waals surface area contributed by atoms with Crippen LogP contribution in [-0.2, 0) is 11.3 Å². The van der Waals surface area contributed by atoms with E-state index in [-0.39, 0.29) is 6.61 Å². The van der Waals surface area contributed by atoms with Crippen molar-refractivity contribution in [3.8, 4) is 5.75 Å². The monoisotopic (exact) mass is 300 g/mol. The summed E-state index contributed by atoms with van der Waals surface area (Å²) in [6.07, 6.45) is 2.11. The standard InChI is InChI=1S/C13H17BrO3/c14-12-3-1-2-11(8-15)13(12)17-9-10-4-6-16-7-5-10/h1-3,10,15H,4-9H2. The van der Waals surface area contributed by atoms with Gasteiger partial charge in [0.15, 0.2) is 0 Å². The van der Waals surface area contributed by atoms with Gasteiger partial charge in [0.25, 0.3) is 0 Å². The molecule has 1 aromatic rings. The van der Waals surface area contributed by atoms with Gasteiger partial charge in [0.05, 0.1) is 17.7 Å². The van der Waals surface area contributed by atoms with E-state index in [1.165, 1.54) is 0 Å². The van der Waals surface area contributed by atoms with Crippen LogP contribution in [0.1, 0.15) is 18.4 Å². The van der Waals surface area contributed by atoms with Crippen LogP contribution in [0.15, 0.2) is 22.7 Å². The van der Waals surface area contributed by atoms with Gasteiger partial charge >= 0.3 is 0 Å². The maximum absolute atomic E-state index is 9.26. The zero-order chi connectivity index (χ0) is 12.1. The van der Waals surface area contributed by atoms with Crippen LogP contribution in [-0.4, -0.2) is 24.9 Å². The third-order valence-electron chi connectivity index (χ3n) is 3.02. The Morgan fingerprint density at radius 3 is 2.82 bits per heavy atom. The third-order valence-corrected chi connectivity index (χ3v) is 3.65. The highest BCUT2D eigenvalue weighted by molar-refractivity contribution is 9.10. The zero-order valence-corrected chi connectivity index (χ0v) is 11.3. The number of halogens is 1. The average molecular weight is 301 g/mol. The van der Waals surface area contributed by atoms with Crippen molar-refractivity contribution in [2.75, 3.05) is 19.8 Å². The van der Waals surface area contributed by atoms with Crippen molar-refractivity contribution in [2.24, 2.45) is 5.92 Å². The molecule has 17 heavy (non-hydrogen) atoms. The summed E-state index contributed by atoms with van der Waals surface area (Å²) in [7, 11) is 0. The van der Waals surface area contributed by atoms with E-state index in [0.29, 0.717) is 12.5 Å². The van der Waals surface area contributed by atoms with Crippen LogP contribution < -0.4 is 4.74 Å². The number of benzene rings is 1. The number of rotatable bonds is 4. The zero-order valence-electron chi connectivity index (χ0n) is 9.69. The summed E-state index contributed by atoms with van der Waals surface area (Å²) in [5, 5.41) is 9.26. The maximum Gasteiger partial charge on any atom is 0.138 e. The second kappa shape index (κ2) is 6.38. The molecule has 1 fully saturated rings. The molecule has 1 heterocycles. The fraction of sp³-hybridized carbons (Fsp3) is 0.538. The van der Waals surface area contributed by atoms with Crippen LogP contribution in [0.5, 0.6) is 5.75 Å². The molecule has 0 radical (unpaired) electrons. The van der Waals surface area contributed by atoms with Crippen LogP contribution >= 0.6 is 15.9 Å². The van der Waals surface area contributed by atoms with E-state index in [4.69, 9.17) is 9.47 Å². The van der Waals surface area contributed by atoms with E-state index in [9.17, 15) is 5.11 Å². The summed E-state index contributed by atoms with van der Waals surface area (Å²) in [5.41, 5.74) is 0.825. The summed E-state index contributed by atoms with van der Waals surface area (Å²) in [4.78, 5) is 0. The van der Waals surface area contributed by atoms with Crippen LogP contribution in [0.3, 0.4) is 0 Å². The number of ether oxygens (including phenoxy) is 2. The van der Waals surface area contributed by atoms with Crippen molar-refractivity contribution < 1.29 is 14.6 Å². The highest BCUT2D eigenvalue weighted by Gasteiger charge is 2.16. The topological polar surface area (TPSA) is 38.7 Å². The normalized spacial score (nSPS) is 17.1. The number of hydrogen-bond donors (Lipinski definition) is 1. The summed E-state index contributed by atoms with van der Waals surface area (Å²) < 4.78 is 12.1. The first-order chi connectivity index (χ1) is 8.31. The fourth-order valence-corrected chi connectivity index (χ4v) is 2.48. The van der Waals surface area contributed by atoms with Gasteiger partial charge in [-0.1, -0.05) is 12.1 Å². The molecule has 0 atom stereocenters. The van der Waals surface area contributed by atoms with Crippen molar-refractivity contribution in [1.82, 2.24) is 0 Å². The molecule has 3 nitrogen and oxygen atoms in total. The van der Waals surface area contributed by atoms with Crippen molar-refractivity contribution in [2.45, 2.75) is 19.4 Å². The molecule has 0 saturated carbocycles. The van der Waals surface area contributed by atoms with E-state index in [2.05, 4.69) is 15.9 Å². The molecule has 4 heteroatoms. The number of aliphatic hydroxyl groups is 1. The minimum Gasteiger partial charge on any atom is -0.492 e. The molecule has 2 rings (SSSR count). The predicted molar refractivity (Wildman–Crippen MR) is 69.1 cm³/mol. The first-order valence-corrected chi connectivity index (χ1v) is 6.69. The Morgan fingerprint density at radius 1 is 1.35 bits per heavy atom. The molecule has 1 aliphatic heterocycles. The summed E-state index contributed by atoms with van der Waals surface area (Å²) >= 11 is 3.45. The largest absolute Gasteiger partial charge is 0.492 e. The Hall–Kier alpha value is -0.580. The van der Waals surface area contributed by atoms with E-state index < -0.39 is 0 Å². The lowest BCUT2D eigenvalue weighted by molar-refractivity contribution is 0.0493. The highest BCUT2D eigenvalue weighted by Crippen LogP contribution is 2.30. The lowest BCUT2D eigenvalue weighted by Gasteiger charge is -2.23. The summed E-state index contributed by atoms with van der Waals surface area (Å²) in [6.45, 7) is 2.36. The van der Waals surface area contributed by atoms with Crippen molar-refractivity contribution in [3.05, 3.63) is 28.2 Å². The van der Waals surface area contributed by atoms with Gasteiger partial charge in [0.1, 0.15) is 5.75 Å². The molecular weight excluding hydrogens is 284 g/mol. The van der Waals surface area contributed by atoms with Crippen LogP contribution in [0.25, 0.3) is 0 Å². The molecule has 0 bridgehead atoms. The number of para-hydroxylation sites is 1. The number of aliphatic hydroxyl groups excluding tert-OH is 1. The minimum absolute atomic E-state index is 0.00253. The molecule has 0 spiro atoms. The van der Waals surface area contributed by atoms with Gasteiger partial charge in [-0.3, -0.25) is 0 Å². The Morgan fingerprint density at radius 2 is 2.12 bits per heavy atom. The minimum atomic E-state index is 0.00253. The van der Waals surface area contributed by atoms with Gasteiger partial charge in [-0.05, 0) is 40.8 Å². The van der Waals surface area contributed by atoms with Crippen LogP contribution in [0.2, 0.25) is 0 Å². The first kappa shape index (κ1) is 12.9. The molecule has 0 aliphatic carbocycles. The fourth-order valence-electron chi connectivity index (χ4n) is 1.95. The molecular formula is C13H17BrO3. The van der Waals surface area contributed by atoms with E-state index in [1.807, 2.05) is 18.2 Å². The van der Waals surface area contributed by atoms with Crippen molar-refractivity contribution in [3.63, 3.8) is 0 Å². The molecule has 94 valence electrons. The quantitative estimate of drug-likeness (QED) is 0.929. The summed E-state index contributed by atoms with van der Waals surface area (Å²) in [5.74, 6) is 1.32. The molecule has 0 unspecified atom stereocenters. The Bertz CT molecular complexity index is 362. The Balaban J connectivity index is 1.97. The first-order valence-electron chi connectivity index (χ1n) is 5.90. The second-order valence-electron chi connectivity index (χ2n) is 4.25. The van der Waals surface area contributed by atoms with Crippen LogP contribution in [0.4, 0.5) is 0 Å². The van der Waals surface area contributed by atoms with E-state index in [1.54, 1.807) is 0 Å². The highest BCUT2D eigenvalue weighted by atomic mass is 79.9. The van der Waals surface area contributed by atoms with Crippen LogP contribution in [0, 0.1) is 5.92 Å². The van der Waals surface area contributed by atoms with Crippen molar-refractivity contribution in [1.29, 1.82) is 0 Å². The molecule has 1 saturated heterocycles.